The van der Waals surface area contributed by atoms with Crippen molar-refractivity contribution in [3.05, 3.63) is 29.5 Å². The van der Waals surface area contributed by atoms with E-state index in [0.717, 1.165) is 57.2 Å². The van der Waals surface area contributed by atoms with E-state index in [1.165, 1.54) is 0 Å². The molecule has 3 N–H and O–H groups in total. The van der Waals surface area contributed by atoms with Gasteiger partial charge in [0.2, 0.25) is 11.9 Å². The van der Waals surface area contributed by atoms with Gasteiger partial charge in [-0.2, -0.15) is 4.98 Å². The van der Waals surface area contributed by atoms with E-state index in [1.54, 1.807) is 13.4 Å². The van der Waals surface area contributed by atoms with Crippen LogP contribution in [0.15, 0.2) is 24.5 Å². The first-order chi connectivity index (χ1) is 15.1. The van der Waals surface area contributed by atoms with Gasteiger partial charge in [-0.3, -0.25) is 0 Å². The summed E-state index contributed by atoms with van der Waals surface area (Å²) in [5.41, 5.74) is 1.02. The van der Waals surface area contributed by atoms with Crippen molar-refractivity contribution in [2.24, 2.45) is 0 Å². The van der Waals surface area contributed by atoms with Crippen molar-refractivity contribution in [1.29, 1.82) is 0 Å². The average molecular weight is 447 g/mol. The molecule has 3 atom stereocenters. The molecule has 1 saturated carbocycles. The van der Waals surface area contributed by atoms with Gasteiger partial charge in [-0.05, 0) is 63.1 Å². The van der Waals surface area contributed by atoms with E-state index in [-0.39, 0.29) is 6.10 Å². The molecule has 8 nitrogen and oxygen atoms in total. The first kappa shape index (κ1) is 21.9. The second kappa shape index (κ2) is 10.3. The van der Waals surface area contributed by atoms with Gasteiger partial charge in [-0.15, -0.1) is 0 Å². The molecule has 2 aromatic rings. The van der Waals surface area contributed by atoms with Crippen LogP contribution in [0.1, 0.15) is 44.9 Å². The summed E-state index contributed by atoms with van der Waals surface area (Å²) in [5, 5.41) is 17.7. The fraction of sp³-hybridized carbons (Fsp3) is 0.591. The molecule has 168 valence electrons. The molecule has 4 rings (SSSR count). The van der Waals surface area contributed by atoms with Gasteiger partial charge in [0.15, 0.2) is 0 Å². The summed E-state index contributed by atoms with van der Waals surface area (Å²) < 4.78 is 5.23. The van der Waals surface area contributed by atoms with Crippen LogP contribution in [-0.2, 0) is 0 Å². The molecule has 1 aromatic heterocycles. The first-order valence-electron chi connectivity index (χ1n) is 11.1. The van der Waals surface area contributed by atoms with E-state index in [9.17, 15) is 5.11 Å². The van der Waals surface area contributed by atoms with E-state index in [4.69, 9.17) is 16.3 Å². The van der Waals surface area contributed by atoms with Gasteiger partial charge in [0.05, 0.1) is 18.2 Å². The molecule has 3 unspecified atom stereocenters. The predicted octanol–water partition coefficient (Wildman–Crippen LogP) is 3.72. The maximum absolute atomic E-state index is 9.93. The summed E-state index contributed by atoms with van der Waals surface area (Å²) in [6.45, 7) is 1.45. The smallest absolute Gasteiger partial charge is 0.230 e. The van der Waals surface area contributed by atoms with Crippen LogP contribution in [-0.4, -0.2) is 58.4 Å². The lowest BCUT2D eigenvalue weighted by atomic mass is 10.1. The molecule has 1 aromatic carbocycles. The number of aliphatic hydroxyl groups is 1. The number of methoxy groups -OCH3 is 1. The maximum Gasteiger partial charge on any atom is 0.230 e. The second-order valence-electron chi connectivity index (χ2n) is 8.39. The van der Waals surface area contributed by atoms with Crippen molar-refractivity contribution in [3.8, 4) is 5.75 Å². The summed E-state index contributed by atoms with van der Waals surface area (Å²) >= 11 is 6.26. The third-order valence-corrected chi connectivity index (χ3v) is 6.36. The minimum Gasteiger partial charge on any atom is -0.495 e. The Kier molecular flexibility index (Phi) is 7.29. The van der Waals surface area contributed by atoms with E-state index < -0.39 is 0 Å². The molecule has 0 amide bonds. The van der Waals surface area contributed by atoms with E-state index in [0.29, 0.717) is 41.3 Å². The van der Waals surface area contributed by atoms with Crippen molar-refractivity contribution in [3.63, 3.8) is 0 Å². The molecule has 2 fully saturated rings. The Labute approximate surface area is 188 Å². The van der Waals surface area contributed by atoms with E-state index in [1.807, 2.05) is 23.1 Å². The van der Waals surface area contributed by atoms with Crippen molar-refractivity contribution < 1.29 is 9.84 Å². The molecule has 31 heavy (non-hydrogen) atoms. The number of halogens is 1. The highest BCUT2D eigenvalue weighted by molar-refractivity contribution is 6.32. The Morgan fingerprint density at radius 1 is 1.06 bits per heavy atom. The van der Waals surface area contributed by atoms with Crippen molar-refractivity contribution in [2.75, 3.05) is 35.7 Å². The Morgan fingerprint density at radius 2 is 1.87 bits per heavy atom. The van der Waals surface area contributed by atoms with E-state index >= 15 is 0 Å². The Bertz CT molecular complexity index is 870. The van der Waals surface area contributed by atoms with Gasteiger partial charge in [0, 0.05) is 30.9 Å². The Hall–Kier alpha value is -2.32. The zero-order valence-corrected chi connectivity index (χ0v) is 18.7. The van der Waals surface area contributed by atoms with Crippen molar-refractivity contribution in [1.82, 2.24) is 15.0 Å². The standard InChI is InChI=1S/C22H31ClN6O2/c1-31-20-10-9-17(12-19(20)23)26-15-4-2-5-16(8-7-15)27-21-24-14-25-22(28-21)29-11-3-6-18(30)13-29/h9-10,12,14-16,18,26,30H,2-8,11,13H2,1H3,(H,24,25,27,28). The zero-order chi connectivity index (χ0) is 21.6. The van der Waals surface area contributed by atoms with Crippen LogP contribution >= 0.6 is 11.6 Å². The number of hydrogen-bond acceptors (Lipinski definition) is 8. The SMILES string of the molecule is COc1ccc(NC2CCCC(Nc3ncnc(N4CCCC(O)C4)n3)CC2)cc1Cl. The van der Waals surface area contributed by atoms with Crippen molar-refractivity contribution in [2.45, 2.75) is 63.1 Å². The molecule has 0 radical (unpaired) electrons. The van der Waals surface area contributed by atoms with E-state index in [2.05, 4.69) is 25.6 Å². The predicted molar refractivity (Wildman–Crippen MR) is 123 cm³/mol. The van der Waals surface area contributed by atoms with Gasteiger partial charge in [-0.1, -0.05) is 11.6 Å². The monoisotopic (exact) mass is 446 g/mol. The quantitative estimate of drug-likeness (QED) is 0.578. The third kappa shape index (κ3) is 5.89. The number of hydrogen-bond donors (Lipinski definition) is 3. The summed E-state index contributed by atoms with van der Waals surface area (Å²) in [6, 6.07) is 6.55. The van der Waals surface area contributed by atoms with Crippen LogP contribution in [0, 0.1) is 0 Å². The summed E-state index contributed by atoms with van der Waals surface area (Å²) in [7, 11) is 1.62. The summed E-state index contributed by atoms with van der Waals surface area (Å²) in [5.74, 6) is 1.94. The topological polar surface area (TPSA) is 95.4 Å². The summed E-state index contributed by atoms with van der Waals surface area (Å²) in [4.78, 5) is 15.3. The molecular weight excluding hydrogens is 416 g/mol. The lowest BCUT2D eigenvalue weighted by Gasteiger charge is -2.30. The molecule has 1 saturated heterocycles. The number of benzene rings is 1. The number of aliphatic hydroxyl groups excluding tert-OH is 1. The number of anilines is 3. The molecular formula is C22H31ClN6O2. The Balaban J connectivity index is 1.32. The molecule has 9 heteroatoms. The largest absolute Gasteiger partial charge is 0.495 e. The van der Waals surface area contributed by atoms with Crippen LogP contribution in [0.5, 0.6) is 5.75 Å². The third-order valence-electron chi connectivity index (χ3n) is 6.06. The number of rotatable bonds is 6. The number of nitrogens with one attached hydrogen (secondary N) is 2. The van der Waals surface area contributed by atoms with Crippen LogP contribution in [0.4, 0.5) is 17.6 Å². The minimum atomic E-state index is -0.311. The number of nitrogens with zero attached hydrogens (tertiary/aromatic N) is 4. The van der Waals surface area contributed by atoms with Crippen LogP contribution in [0.25, 0.3) is 0 Å². The molecule has 2 heterocycles. The van der Waals surface area contributed by atoms with Gasteiger partial charge in [0.25, 0.3) is 0 Å². The lowest BCUT2D eigenvalue weighted by Crippen LogP contribution is -2.39. The second-order valence-corrected chi connectivity index (χ2v) is 8.80. The van der Waals surface area contributed by atoms with Crippen LogP contribution in [0.3, 0.4) is 0 Å². The molecule has 0 bridgehead atoms. The average Bonchev–Trinajstić information content (AvgIpc) is 2.99. The molecule has 1 aliphatic carbocycles. The normalized spacial score (nSPS) is 24.4. The van der Waals surface area contributed by atoms with Crippen LogP contribution < -0.4 is 20.3 Å². The van der Waals surface area contributed by atoms with Crippen LogP contribution in [0.2, 0.25) is 5.02 Å². The highest BCUT2D eigenvalue weighted by Gasteiger charge is 2.22. The maximum atomic E-state index is 9.93. The number of ether oxygens (including phenoxy) is 1. The molecule has 1 aliphatic heterocycles. The fourth-order valence-corrected chi connectivity index (χ4v) is 4.67. The van der Waals surface area contributed by atoms with Gasteiger partial charge >= 0.3 is 0 Å². The Morgan fingerprint density at radius 3 is 2.61 bits per heavy atom. The minimum absolute atomic E-state index is 0.311. The highest BCUT2D eigenvalue weighted by Crippen LogP contribution is 2.29. The first-order valence-corrected chi connectivity index (χ1v) is 11.5. The van der Waals surface area contributed by atoms with Gasteiger partial charge in [-0.25, -0.2) is 9.97 Å². The molecule has 0 spiro atoms. The van der Waals surface area contributed by atoms with Gasteiger partial charge < -0.3 is 25.4 Å². The lowest BCUT2D eigenvalue weighted by molar-refractivity contribution is 0.153. The summed E-state index contributed by atoms with van der Waals surface area (Å²) in [6.07, 6.45) is 8.42. The number of β-amino-alcohol motifs (C(OH)–C–C–N with tert-alkyl or cyclic N) is 1. The highest BCUT2D eigenvalue weighted by atomic mass is 35.5. The fourth-order valence-electron chi connectivity index (χ4n) is 4.41. The van der Waals surface area contributed by atoms with Gasteiger partial charge in [0.1, 0.15) is 12.1 Å². The zero-order valence-electron chi connectivity index (χ0n) is 17.9. The number of piperidine rings is 1. The molecule has 2 aliphatic rings. The number of aromatic nitrogens is 3. The van der Waals surface area contributed by atoms with Crippen molar-refractivity contribution >= 4 is 29.2 Å².